The van der Waals surface area contributed by atoms with Gasteiger partial charge in [-0.05, 0) is 31.2 Å². The van der Waals surface area contributed by atoms with Crippen LogP contribution >= 0.6 is 12.4 Å². The second-order valence-electron chi connectivity index (χ2n) is 5.72. The lowest BCUT2D eigenvalue weighted by molar-refractivity contribution is -0.119. The van der Waals surface area contributed by atoms with Gasteiger partial charge in [0.25, 0.3) is 0 Å². The number of sulfonamides is 1. The molecule has 1 fully saturated rings. The van der Waals surface area contributed by atoms with Crippen LogP contribution in [0.1, 0.15) is 12.0 Å². The van der Waals surface area contributed by atoms with Gasteiger partial charge in [0.15, 0.2) is 0 Å². The van der Waals surface area contributed by atoms with Gasteiger partial charge in [0.1, 0.15) is 0 Å². The number of hydrogen-bond donors (Lipinski definition) is 2. The van der Waals surface area contributed by atoms with Gasteiger partial charge in [-0.3, -0.25) is 4.79 Å². The van der Waals surface area contributed by atoms with Gasteiger partial charge in [-0.15, -0.1) is 12.4 Å². The van der Waals surface area contributed by atoms with Gasteiger partial charge in [-0.25, -0.2) is 13.1 Å². The topological polar surface area (TPSA) is 87.7 Å². The Morgan fingerprint density at radius 1 is 1.46 bits per heavy atom. The van der Waals surface area contributed by atoms with Gasteiger partial charge in [-0.2, -0.15) is 0 Å². The van der Waals surface area contributed by atoms with E-state index < -0.39 is 10.0 Å². The van der Waals surface area contributed by atoms with Crippen molar-refractivity contribution in [2.24, 2.45) is 0 Å². The molecule has 134 valence electrons. The number of rotatable bonds is 4. The molecule has 0 bridgehead atoms. The standard InChI is InChI=1S/C15H21N3O4S.ClH/c1-16-23(20,21)13-3-2-11-4-6-18(14(11)9-13)15(19)8-12-10-22-7-5-17-12;/h2-3,9,12,16-17H,4-8,10H2,1H3;1H. The van der Waals surface area contributed by atoms with Crippen LogP contribution in [0.5, 0.6) is 0 Å². The van der Waals surface area contributed by atoms with Gasteiger partial charge in [0.05, 0.1) is 18.1 Å². The summed E-state index contributed by atoms with van der Waals surface area (Å²) in [5.41, 5.74) is 1.70. The number of carbonyl (C=O) groups excluding carboxylic acids is 1. The maximum absolute atomic E-state index is 12.6. The lowest BCUT2D eigenvalue weighted by Gasteiger charge is -2.26. The molecule has 2 N–H and O–H groups in total. The first-order chi connectivity index (χ1) is 11.0. The third kappa shape index (κ3) is 3.89. The van der Waals surface area contributed by atoms with Crippen LogP contribution in [-0.4, -0.2) is 53.7 Å². The third-order valence-electron chi connectivity index (χ3n) is 4.25. The minimum Gasteiger partial charge on any atom is -0.378 e. The van der Waals surface area contributed by atoms with E-state index in [-0.39, 0.29) is 29.3 Å². The largest absolute Gasteiger partial charge is 0.378 e. The van der Waals surface area contributed by atoms with Crippen molar-refractivity contribution in [2.45, 2.75) is 23.8 Å². The summed E-state index contributed by atoms with van der Waals surface area (Å²) in [6, 6.07) is 4.96. The van der Waals surface area contributed by atoms with Crippen molar-refractivity contribution in [1.29, 1.82) is 0 Å². The van der Waals surface area contributed by atoms with Crippen LogP contribution in [0.3, 0.4) is 0 Å². The predicted octanol–water partition coefficient (Wildman–Crippen LogP) is 0.284. The number of nitrogens with one attached hydrogen (secondary N) is 2. The zero-order chi connectivity index (χ0) is 16.4. The molecule has 9 heteroatoms. The van der Waals surface area contributed by atoms with Gasteiger partial charge in [-0.1, -0.05) is 6.07 Å². The van der Waals surface area contributed by atoms with E-state index in [4.69, 9.17) is 4.74 Å². The molecule has 24 heavy (non-hydrogen) atoms. The summed E-state index contributed by atoms with van der Waals surface area (Å²) in [4.78, 5) is 14.4. The lowest BCUT2D eigenvalue weighted by Crippen LogP contribution is -2.45. The molecule has 0 aliphatic carbocycles. The smallest absolute Gasteiger partial charge is 0.240 e. The van der Waals surface area contributed by atoms with Crippen LogP contribution in [0.4, 0.5) is 5.69 Å². The first-order valence-corrected chi connectivity index (χ1v) is 9.17. The number of benzene rings is 1. The summed E-state index contributed by atoms with van der Waals surface area (Å²) in [5.74, 6) is -0.00856. The summed E-state index contributed by atoms with van der Waals surface area (Å²) in [7, 11) is -2.14. The predicted molar refractivity (Wildman–Crippen MR) is 93.2 cm³/mol. The average Bonchev–Trinajstić information content (AvgIpc) is 2.99. The fourth-order valence-electron chi connectivity index (χ4n) is 2.97. The number of hydrogen-bond acceptors (Lipinski definition) is 5. The quantitative estimate of drug-likeness (QED) is 0.789. The SMILES string of the molecule is CNS(=O)(=O)c1ccc2c(c1)N(C(=O)CC1COCCN1)CC2.Cl. The summed E-state index contributed by atoms with van der Waals surface area (Å²) in [6.45, 7) is 2.53. The van der Waals surface area contributed by atoms with E-state index in [2.05, 4.69) is 10.0 Å². The number of carbonyl (C=O) groups is 1. The van der Waals surface area contributed by atoms with Crippen molar-refractivity contribution in [3.63, 3.8) is 0 Å². The number of amides is 1. The Morgan fingerprint density at radius 2 is 2.25 bits per heavy atom. The Labute approximate surface area is 148 Å². The van der Waals surface area contributed by atoms with Crippen LogP contribution in [0.2, 0.25) is 0 Å². The van der Waals surface area contributed by atoms with Gasteiger partial charge < -0.3 is 15.0 Å². The molecule has 0 saturated carbocycles. The van der Waals surface area contributed by atoms with E-state index >= 15 is 0 Å². The van der Waals surface area contributed by atoms with E-state index in [1.54, 1.807) is 23.1 Å². The second kappa shape index (κ2) is 7.79. The molecule has 0 aromatic heterocycles. The Kier molecular flexibility index (Phi) is 6.22. The lowest BCUT2D eigenvalue weighted by atomic mass is 10.1. The molecule has 2 aliphatic heterocycles. The van der Waals surface area contributed by atoms with E-state index in [1.807, 2.05) is 0 Å². The zero-order valence-corrected chi connectivity index (χ0v) is 15.1. The van der Waals surface area contributed by atoms with E-state index in [9.17, 15) is 13.2 Å². The summed E-state index contributed by atoms with van der Waals surface area (Å²) >= 11 is 0. The molecule has 1 aromatic carbocycles. The van der Waals surface area contributed by atoms with Crippen molar-refractivity contribution in [2.75, 3.05) is 38.3 Å². The molecule has 2 heterocycles. The highest BCUT2D eigenvalue weighted by atomic mass is 35.5. The zero-order valence-electron chi connectivity index (χ0n) is 13.4. The normalized spacial score (nSPS) is 20.4. The molecular weight excluding hydrogens is 354 g/mol. The number of halogens is 1. The number of ether oxygens (including phenoxy) is 1. The molecule has 0 radical (unpaired) electrons. The molecule has 7 nitrogen and oxygen atoms in total. The number of morpholine rings is 1. The average molecular weight is 376 g/mol. The molecule has 0 spiro atoms. The monoisotopic (exact) mass is 375 g/mol. The molecule has 3 rings (SSSR count). The Bertz CT molecular complexity index is 705. The molecular formula is C15H22ClN3O4S. The van der Waals surface area contributed by atoms with Crippen molar-refractivity contribution in [3.8, 4) is 0 Å². The van der Waals surface area contributed by atoms with E-state index in [0.29, 0.717) is 31.9 Å². The third-order valence-corrected chi connectivity index (χ3v) is 5.66. The van der Waals surface area contributed by atoms with Crippen LogP contribution in [0.25, 0.3) is 0 Å². The van der Waals surface area contributed by atoms with Crippen LogP contribution in [0, 0.1) is 0 Å². The van der Waals surface area contributed by atoms with Crippen molar-refractivity contribution >= 4 is 34.0 Å². The van der Waals surface area contributed by atoms with Crippen molar-refractivity contribution in [1.82, 2.24) is 10.0 Å². The van der Waals surface area contributed by atoms with Gasteiger partial charge >= 0.3 is 0 Å². The highest BCUT2D eigenvalue weighted by Gasteiger charge is 2.28. The maximum Gasteiger partial charge on any atom is 0.240 e. The van der Waals surface area contributed by atoms with E-state index in [1.165, 1.54) is 7.05 Å². The van der Waals surface area contributed by atoms with Gasteiger partial charge in [0, 0.05) is 31.2 Å². The van der Waals surface area contributed by atoms with Crippen LogP contribution < -0.4 is 14.9 Å². The summed E-state index contributed by atoms with van der Waals surface area (Å²) < 4.78 is 31.6. The highest BCUT2D eigenvalue weighted by molar-refractivity contribution is 7.89. The van der Waals surface area contributed by atoms with E-state index in [0.717, 1.165) is 18.5 Å². The summed E-state index contributed by atoms with van der Waals surface area (Å²) in [5, 5.41) is 3.26. The molecule has 2 aliphatic rings. The minimum atomic E-state index is -3.52. The maximum atomic E-state index is 12.6. The van der Waals surface area contributed by atoms with Crippen LogP contribution in [-0.2, 0) is 26.0 Å². The number of anilines is 1. The molecule has 1 atom stereocenters. The molecule has 1 saturated heterocycles. The van der Waals surface area contributed by atoms with Crippen molar-refractivity contribution < 1.29 is 17.9 Å². The Morgan fingerprint density at radius 3 is 2.92 bits per heavy atom. The molecule has 1 aromatic rings. The fraction of sp³-hybridized carbons (Fsp3) is 0.533. The first kappa shape index (κ1) is 19.1. The second-order valence-corrected chi connectivity index (χ2v) is 7.61. The number of fused-ring (bicyclic) bond motifs is 1. The summed E-state index contributed by atoms with van der Waals surface area (Å²) in [6.07, 6.45) is 1.10. The first-order valence-electron chi connectivity index (χ1n) is 7.69. The van der Waals surface area contributed by atoms with Crippen molar-refractivity contribution in [3.05, 3.63) is 23.8 Å². The minimum absolute atomic E-state index is 0. The van der Waals surface area contributed by atoms with Crippen LogP contribution in [0.15, 0.2) is 23.1 Å². The van der Waals surface area contributed by atoms with Gasteiger partial charge in [0.2, 0.25) is 15.9 Å². The fourth-order valence-corrected chi connectivity index (χ4v) is 3.72. The highest BCUT2D eigenvalue weighted by Crippen LogP contribution is 2.31. The molecule has 1 unspecified atom stereocenters. The number of nitrogens with zero attached hydrogens (tertiary/aromatic N) is 1. The Hall–Kier alpha value is -1.19. The molecule has 1 amide bonds. The Balaban J connectivity index is 0.00000208.